The van der Waals surface area contributed by atoms with E-state index in [-0.39, 0.29) is 5.56 Å². The number of rotatable bonds is 4. The molecule has 0 spiro atoms. The second-order valence-electron chi connectivity index (χ2n) is 4.30. The third-order valence-electron chi connectivity index (χ3n) is 2.77. The summed E-state index contributed by atoms with van der Waals surface area (Å²) in [7, 11) is 0. The molecule has 23 heavy (non-hydrogen) atoms. The van der Waals surface area contributed by atoms with E-state index in [1.807, 2.05) is 0 Å². The van der Waals surface area contributed by atoms with Crippen LogP contribution in [0.3, 0.4) is 0 Å². The van der Waals surface area contributed by atoms with Gasteiger partial charge in [0.1, 0.15) is 0 Å². The summed E-state index contributed by atoms with van der Waals surface area (Å²) in [6, 6.07) is 9.40. The number of halogens is 2. The number of amides is 1. The minimum absolute atomic E-state index is 0.0958. The van der Waals surface area contributed by atoms with Crippen LogP contribution in [0.4, 0.5) is 5.69 Å². The number of hydrogen-bond acceptors (Lipinski definition) is 5. The molecule has 9 heteroatoms. The van der Waals surface area contributed by atoms with Gasteiger partial charge in [0.25, 0.3) is 5.91 Å². The highest BCUT2D eigenvalue weighted by Gasteiger charge is 2.17. The molecule has 0 aliphatic carbocycles. The first-order valence-electron chi connectivity index (χ1n) is 6.15. The molecule has 0 saturated carbocycles. The third-order valence-corrected chi connectivity index (χ3v) is 3.92. The van der Waals surface area contributed by atoms with Crippen molar-refractivity contribution in [3.63, 3.8) is 0 Å². The lowest BCUT2D eigenvalue weighted by molar-refractivity contribution is -0.385. The molecule has 0 atom stereocenters. The Hall–Kier alpha value is -2.26. The largest absolute Gasteiger partial charge is 0.502 e. The number of phenols is 1. The highest BCUT2D eigenvalue weighted by atomic mass is 79.9. The molecule has 0 heterocycles. The van der Waals surface area contributed by atoms with Gasteiger partial charge in [-0.3, -0.25) is 14.9 Å². The number of nitrogens with zero attached hydrogens (tertiary/aromatic N) is 2. The number of nitrogens with one attached hydrogen (secondary N) is 1. The number of benzene rings is 2. The van der Waals surface area contributed by atoms with Crippen molar-refractivity contribution >= 4 is 49.7 Å². The Kier molecular flexibility index (Phi) is 5.45. The molecule has 0 aromatic heterocycles. The molecule has 1 amide bonds. The van der Waals surface area contributed by atoms with Crippen LogP contribution in [0.25, 0.3) is 0 Å². The van der Waals surface area contributed by atoms with Crippen LogP contribution >= 0.6 is 31.9 Å². The van der Waals surface area contributed by atoms with Crippen LogP contribution in [-0.2, 0) is 0 Å². The average Bonchev–Trinajstić information content (AvgIpc) is 2.50. The van der Waals surface area contributed by atoms with Crippen LogP contribution < -0.4 is 5.43 Å². The Labute approximate surface area is 147 Å². The normalized spacial score (nSPS) is 10.7. The minimum atomic E-state index is -0.711. The topological polar surface area (TPSA) is 105 Å². The molecule has 2 rings (SSSR count). The molecule has 0 unspecified atom stereocenters. The van der Waals surface area contributed by atoms with Crippen molar-refractivity contribution in [1.29, 1.82) is 0 Å². The van der Waals surface area contributed by atoms with Crippen LogP contribution in [0.5, 0.6) is 5.75 Å². The van der Waals surface area contributed by atoms with Crippen molar-refractivity contribution in [3.8, 4) is 5.75 Å². The molecule has 7 nitrogen and oxygen atoms in total. The molecule has 0 radical (unpaired) electrons. The fourth-order valence-corrected chi connectivity index (χ4v) is 2.64. The molecular weight excluding hydrogens is 434 g/mol. The van der Waals surface area contributed by atoms with Crippen LogP contribution in [0.2, 0.25) is 0 Å². The predicted molar refractivity (Wildman–Crippen MR) is 91.7 cm³/mol. The average molecular weight is 443 g/mol. The summed E-state index contributed by atoms with van der Waals surface area (Å²) in [5.74, 6) is -0.991. The van der Waals surface area contributed by atoms with E-state index in [2.05, 4.69) is 42.4 Å². The third kappa shape index (κ3) is 4.14. The fraction of sp³-hybridized carbons (Fsp3) is 0. The number of hydrazone groups is 1. The number of hydrogen-bond donors (Lipinski definition) is 2. The zero-order chi connectivity index (χ0) is 17.0. The molecule has 0 fully saturated rings. The van der Waals surface area contributed by atoms with E-state index in [1.54, 1.807) is 24.3 Å². The first kappa shape index (κ1) is 17.1. The molecular formula is C14H9Br2N3O4. The second kappa shape index (κ2) is 7.34. The van der Waals surface area contributed by atoms with Gasteiger partial charge in [0.2, 0.25) is 5.75 Å². The van der Waals surface area contributed by atoms with E-state index < -0.39 is 22.3 Å². The molecule has 0 aliphatic heterocycles. The molecule has 2 N–H and O–H groups in total. The Morgan fingerprint density at radius 1 is 1.30 bits per heavy atom. The molecule has 2 aromatic rings. The van der Waals surface area contributed by atoms with Gasteiger partial charge in [-0.05, 0) is 34.1 Å². The maximum atomic E-state index is 11.9. The van der Waals surface area contributed by atoms with Gasteiger partial charge in [0.15, 0.2) is 0 Å². The van der Waals surface area contributed by atoms with Gasteiger partial charge in [0.05, 0.1) is 16.7 Å². The summed E-state index contributed by atoms with van der Waals surface area (Å²) in [6.45, 7) is 0. The Balaban J connectivity index is 2.20. The van der Waals surface area contributed by atoms with E-state index in [4.69, 9.17) is 0 Å². The van der Waals surface area contributed by atoms with Crippen molar-refractivity contribution in [2.45, 2.75) is 0 Å². The van der Waals surface area contributed by atoms with Gasteiger partial charge in [-0.2, -0.15) is 5.10 Å². The Bertz CT molecular complexity index is 809. The zero-order valence-corrected chi connectivity index (χ0v) is 14.5. The van der Waals surface area contributed by atoms with Crippen LogP contribution in [0.15, 0.2) is 50.4 Å². The zero-order valence-electron chi connectivity index (χ0n) is 11.4. The van der Waals surface area contributed by atoms with Gasteiger partial charge in [-0.25, -0.2) is 5.43 Å². The van der Waals surface area contributed by atoms with E-state index in [0.717, 1.165) is 6.21 Å². The molecule has 0 bridgehead atoms. The number of carbonyl (C=O) groups excluding carboxylic acids is 1. The monoisotopic (exact) mass is 441 g/mol. The second-order valence-corrected chi connectivity index (χ2v) is 6.07. The SMILES string of the molecule is O=C(N/N=C\c1cc(Br)cc([N+](=O)[O-])c1O)c1ccccc1Br. The van der Waals surface area contributed by atoms with Gasteiger partial charge in [-0.15, -0.1) is 0 Å². The van der Waals surface area contributed by atoms with E-state index in [9.17, 15) is 20.0 Å². The number of nitro groups is 1. The highest BCUT2D eigenvalue weighted by Crippen LogP contribution is 2.32. The first-order chi connectivity index (χ1) is 10.9. The lowest BCUT2D eigenvalue weighted by Gasteiger charge is -2.03. The van der Waals surface area contributed by atoms with Crippen LogP contribution in [-0.4, -0.2) is 22.2 Å². The molecule has 0 aliphatic rings. The standard InChI is InChI=1S/C14H9Br2N3O4/c15-9-5-8(13(20)12(6-9)19(22)23)7-17-18-14(21)10-3-1-2-4-11(10)16/h1-7,20H,(H,18,21)/b17-7-. The van der Waals surface area contributed by atoms with E-state index >= 15 is 0 Å². The van der Waals surface area contributed by atoms with Crippen molar-refractivity contribution in [2.75, 3.05) is 0 Å². The van der Waals surface area contributed by atoms with Crippen molar-refractivity contribution < 1.29 is 14.8 Å². The van der Waals surface area contributed by atoms with Crippen LogP contribution in [0, 0.1) is 10.1 Å². The van der Waals surface area contributed by atoms with Gasteiger partial charge in [-0.1, -0.05) is 28.1 Å². The maximum absolute atomic E-state index is 11.9. The smallest absolute Gasteiger partial charge is 0.312 e. The fourth-order valence-electron chi connectivity index (χ4n) is 1.71. The number of phenolic OH excluding ortho intramolecular Hbond substituents is 1. The minimum Gasteiger partial charge on any atom is -0.502 e. The molecule has 118 valence electrons. The summed E-state index contributed by atoms with van der Waals surface area (Å²) in [6.07, 6.45) is 1.13. The van der Waals surface area contributed by atoms with E-state index in [1.165, 1.54) is 12.1 Å². The number of nitro benzene ring substituents is 1. The molecule has 2 aromatic carbocycles. The Morgan fingerprint density at radius 3 is 2.65 bits per heavy atom. The highest BCUT2D eigenvalue weighted by molar-refractivity contribution is 9.10. The van der Waals surface area contributed by atoms with Crippen molar-refractivity contribution in [3.05, 3.63) is 66.6 Å². The number of aromatic hydroxyl groups is 1. The Morgan fingerprint density at radius 2 is 2.00 bits per heavy atom. The van der Waals surface area contributed by atoms with Gasteiger partial charge in [0, 0.05) is 20.6 Å². The summed E-state index contributed by atoms with van der Waals surface area (Å²) in [4.78, 5) is 22.1. The summed E-state index contributed by atoms with van der Waals surface area (Å²) >= 11 is 6.36. The lowest BCUT2D eigenvalue weighted by Crippen LogP contribution is -2.18. The number of carbonyl (C=O) groups is 1. The first-order valence-corrected chi connectivity index (χ1v) is 7.73. The predicted octanol–water partition coefficient (Wildman–Crippen LogP) is 3.59. The summed E-state index contributed by atoms with van der Waals surface area (Å²) in [5, 5.41) is 24.4. The lowest BCUT2D eigenvalue weighted by atomic mass is 10.2. The van der Waals surface area contributed by atoms with Gasteiger partial charge < -0.3 is 5.11 Å². The summed E-state index contributed by atoms with van der Waals surface area (Å²) < 4.78 is 1.01. The van der Waals surface area contributed by atoms with E-state index in [0.29, 0.717) is 14.5 Å². The van der Waals surface area contributed by atoms with Crippen LogP contribution in [0.1, 0.15) is 15.9 Å². The van der Waals surface area contributed by atoms with Crippen molar-refractivity contribution in [1.82, 2.24) is 5.43 Å². The van der Waals surface area contributed by atoms with Gasteiger partial charge >= 0.3 is 5.69 Å². The van der Waals surface area contributed by atoms with Crippen molar-refractivity contribution in [2.24, 2.45) is 5.10 Å². The maximum Gasteiger partial charge on any atom is 0.312 e. The summed E-state index contributed by atoms with van der Waals surface area (Å²) in [5.41, 5.74) is 2.31. The quantitative estimate of drug-likeness (QED) is 0.428. The molecule has 0 saturated heterocycles.